The summed E-state index contributed by atoms with van der Waals surface area (Å²) < 4.78 is 0. The van der Waals surface area contributed by atoms with E-state index < -0.39 is 6.04 Å². The zero-order valence-electron chi connectivity index (χ0n) is 11.1. The molecule has 108 valence electrons. The first-order valence-corrected chi connectivity index (χ1v) is 7.19. The van der Waals surface area contributed by atoms with Gasteiger partial charge in [-0.2, -0.15) is 5.26 Å². The molecule has 21 heavy (non-hydrogen) atoms. The van der Waals surface area contributed by atoms with Gasteiger partial charge in [0.25, 0.3) is 5.91 Å². The average Bonchev–Trinajstić information content (AvgIpc) is 2.97. The number of phenols is 1. The molecular formula is C15H14N2O3S. The van der Waals surface area contributed by atoms with Gasteiger partial charge in [0.2, 0.25) is 0 Å². The highest BCUT2D eigenvalue weighted by atomic mass is 32.1. The fourth-order valence-corrected chi connectivity index (χ4v) is 2.65. The molecule has 0 fully saturated rings. The molecule has 5 nitrogen and oxygen atoms in total. The van der Waals surface area contributed by atoms with Gasteiger partial charge < -0.3 is 15.5 Å². The van der Waals surface area contributed by atoms with Crippen LogP contribution in [0.4, 0.5) is 0 Å². The summed E-state index contributed by atoms with van der Waals surface area (Å²) in [5, 5.41) is 31.9. The second kappa shape index (κ2) is 6.88. The number of thiophene rings is 1. The summed E-state index contributed by atoms with van der Waals surface area (Å²) in [7, 11) is 0. The summed E-state index contributed by atoms with van der Waals surface area (Å²) >= 11 is 1.19. The van der Waals surface area contributed by atoms with Gasteiger partial charge in [-0.05, 0) is 35.6 Å². The lowest BCUT2D eigenvalue weighted by atomic mass is 10.1. The van der Waals surface area contributed by atoms with Crippen molar-refractivity contribution in [2.45, 2.75) is 12.5 Å². The SMILES string of the molecule is N#Cc1ccsc1C(=O)N[C@H](CO)Cc1ccc(O)cc1. The van der Waals surface area contributed by atoms with E-state index in [2.05, 4.69) is 5.32 Å². The molecule has 3 N–H and O–H groups in total. The number of carbonyl (C=O) groups is 1. The molecule has 1 aromatic heterocycles. The Bertz CT molecular complexity index is 658. The van der Waals surface area contributed by atoms with Gasteiger partial charge in [-0.25, -0.2) is 0 Å². The van der Waals surface area contributed by atoms with Gasteiger partial charge in [-0.3, -0.25) is 4.79 Å². The number of amides is 1. The summed E-state index contributed by atoms with van der Waals surface area (Å²) in [4.78, 5) is 12.4. The highest BCUT2D eigenvalue weighted by Crippen LogP contribution is 2.16. The van der Waals surface area contributed by atoms with Crippen LogP contribution >= 0.6 is 11.3 Å². The van der Waals surface area contributed by atoms with Crippen LogP contribution in [-0.4, -0.2) is 28.8 Å². The molecule has 1 heterocycles. The molecule has 0 radical (unpaired) electrons. The van der Waals surface area contributed by atoms with Crippen LogP contribution in [0.1, 0.15) is 20.8 Å². The third-order valence-electron chi connectivity index (χ3n) is 2.97. The zero-order valence-corrected chi connectivity index (χ0v) is 11.9. The predicted octanol–water partition coefficient (Wildman–Crippen LogP) is 1.66. The minimum absolute atomic E-state index is 0.167. The molecule has 0 saturated heterocycles. The molecule has 0 spiro atoms. The van der Waals surface area contributed by atoms with Crippen molar-refractivity contribution in [3.8, 4) is 11.8 Å². The van der Waals surface area contributed by atoms with Gasteiger partial charge >= 0.3 is 0 Å². The van der Waals surface area contributed by atoms with Crippen LogP contribution in [0.3, 0.4) is 0 Å². The Balaban J connectivity index is 2.04. The van der Waals surface area contributed by atoms with Gasteiger partial charge in [-0.15, -0.1) is 11.3 Å². The van der Waals surface area contributed by atoms with E-state index in [1.807, 2.05) is 6.07 Å². The van der Waals surface area contributed by atoms with Gasteiger partial charge in [0.1, 0.15) is 16.7 Å². The molecule has 0 saturated carbocycles. The normalized spacial score (nSPS) is 11.6. The summed E-state index contributed by atoms with van der Waals surface area (Å²) in [6.45, 7) is -0.208. The zero-order chi connectivity index (χ0) is 15.2. The second-order valence-electron chi connectivity index (χ2n) is 4.50. The smallest absolute Gasteiger partial charge is 0.263 e. The van der Waals surface area contributed by atoms with E-state index in [9.17, 15) is 15.0 Å². The number of rotatable bonds is 5. The minimum atomic E-state index is -0.448. The second-order valence-corrected chi connectivity index (χ2v) is 5.41. The van der Waals surface area contributed by atoms with Crippen LogP contribution in [0.2, 0.25) is 0 Å². The largest absolute Gasteiger partial charge is 0.508 e. The monoisotopic (exact) mass is 302 g/mol. The molecule has 1 aromatic carbocycles. The summed E-state index contributed by atoms with van der Waals surface area (Å²) in [6, 6.07) is 9.68. The Labute approximate surface area is 126 Å². The van der Waals surface area contributed by atoms with Crippen LogP contribution in [0.25, 0.3) is 0 Å². The average molecular weight is 302 g/mol. The van der Waals surface area contributed by atoms with E-state index >= 15 is 0 Å². The molecule has 0 bridgehead atoms. The number of carbonyl (C=O) groups excluding carboxylic acids is 1. The number of aliphatic hydroxyl groups is 1. The summed E-state index contributed by atoms with van der Waals surface area (Å²) in [5.74, 6) is -0.194. The standard InChI is InChI=1S/C15H14N2O3S/c16-8-11-5-6-21-14(11)15(20)17-12(9-18)7-10-1-3-13(19)4-2-10/h1-6,12,18-19H,7,9H2,(H,17,20)/t12-/m0/s1. The molecule has 1 amide bonds. The maximum Gasteiger partial charge on any atom is 0.263 e. The lowest BCUT2D eigenvalue weighted by Crippen LogP contribution is -2.39. The molecule has 0 aliphatic rings. The highest BCUT2D eigenvalue weighted by molar-refractivity contribution is 7.12. The Hall–Kier alpha value is -2.36. The number of phenolic OH excluding ortho intramolecular Hbond substituents is 1. The first-order valence-electron chi connectivity index (χ1n) is 6.31. The van der Waals surface area contributed by atoms with Gasteiger partial charge in [-0.1, -0.05) is 12.1 Å². The summed E-state index contributed by atoms with van der Waals surface area (Å²) in [6.07, 6.45) is 0.440. The van der Waals surface area contributed by atoms with E-state index in [0.29, 0.717) is 16.9 Å². The molecule has 6 heteroatoms. The van der Waals surface area contributed by atoms with E-state index in [1.54, 1.807) is 35.7 Å². The van der Waals surface area contributed by atoms with Crippen molar-refractivity contribution < 1.29 is 15.0 Å². The third kappa shape index (κ3) is 3.81. The lowest BCUT2D eigenvalue weighted by molar-refractivity contribution is 0.0920. The number of nitriles is 1. The van der Waals surface area contributed by atoms with Gasteiger partial charge in [0, 0.05) is 0 Å². The van der Waals surface area contributed by atoms with Crippen LogP contribution < -0.4 is 5.32 Å². The Kier molecular flexibility index (Phi) is 4.93. The maximum absolute atomic E-state index is 12.1. The first kappa shape index (κ1) is 15.0. The van der Waals surface area contributed by atoms with Crippen molar-refractivity contribution in [1.82, 2.24) is 5.32 Å². The third-order valence-corrected chi connectivity index (χ3v) is 3.88. The number of aliphatic hydroxyl groups excluding tert-OH is 1. The lowest BCUT2D eigenvalue weighted by Gasteiger charge is -2.16. The molecular weight excluding hydrogens is 288 g/mol. The van der Waals surface area contributed by atoms with Crippen LogP contribution in [-0.2, 0) is 6.42 Å². The Morgan fingerprint density at radius 2 is 2.05 bits per heavy atom. The number of hydrogen-bond acceptors (Lipinski definition) is 5. The minimum Gasteiger partial charge on any atom is -0.508 e. The van der Waals surface area contributed by atoms with E-state index in [1.165, 1.54) is 11.3 Å². The predicted molar refractivity (Wildman–Crippen MR) is 79.2 cm³/mol. The summed E-state index contributed by atoms with van der Waals surface area (Å²) in [5.41, 5.74) is 1.22. The van der Waals surface area contributed by atoms with Crippen molar-refractivity contribution in [2.75, 3.05) is 6.61 Å². The van der Waals surface area contributed by atoms with Crippen molar-refractivity contribution in [1.29, 1.82) is 5.26 Å². The first-order chi connectivity index (χ1) is 10.1. The van der Waals surface area contributed by atoms with Crippen LogP contribution in [0, 0.1) is 11.3 Å². The fourth-order valence-electron chi connectivity index (χ4n) is 1.90. The quantitative estimate of drug-likeness (QED) is 0.783. The Morgan fingerprint density at radius 1 is 1.33 bits per heavy atom. The van der Waals surface area contributed by atoms with Crippen molar-refractivity contribution in [3.63, 3.8) is 0 Å². The maximum atomic E-state index is 12.1. The number of benzene rings is 1. The van der Waals surface area contributed by atoms with Crippen LogP contribution in [0.15, 0.2) is 35.7 Å². The van der Waals surface area contributed by atoms with E-state index in [0.717, 1.165) is 5.56 Å². The van der Waals surface area contributed by atoms with Gasteiger partial charge in [0.15, 0.2) is 0 Å². The number of hydrogen-bond donors (Lipinski definition) is 3. The Morgan fingerprint density at radius 3 is 2.67 bits per heavy atom. The molecule has 2 aromatic rings. The number of nitrogens with one attached hydrogen (secondary N) is 1. The fraction of sp³-hybridized carbons (Fsp3) is 0.200. The molecule has 0 aliphatic carbocycles. The molecule has 0 aliphatic heterocycles. The van der Waals surface area contributed by atoms with Crippen LogP contribution in [0.5, 0.6) is 5.75 Å². The number of aromatic hydroxyl groups is 1. The molecule has 2 rings (SSSR count). The van der Waals surface area contributed by atoms with E-state index in [-0.39, 0.29) is 18.3 Å². The van der Waals surface area contributed by atoms with Gasteiger partial charge in [0.05, 0.1) is 18.2 Å². The topological polar surface area (TPSA) is 93.4 Å². The molecule has 0 unspecified atom stereocenters. The number of nitrogens with zero attached hydrogens (tertiary/aromatic N) is 1. The highest BCUT2D eigenvalue weighted by Gasteiger charge is 2.17. The molecule has 1 atom stereocenters. The van der Waals surface area contributed by atoms with Crippen molar-refractivity contribution in [3.05, 3.63) is 51.7 Å². The van der Waals surface area contributed by atoms with E-state index in [4.69, 9.17) is 5.26 Å². The van der Waals surface area contributed by atoms with Crippen molar-refractivity contribution >= 4 is 17.2 Å². The van der Waals surface area contributed by atoms with Crippen molar-refractivity contribution in [2.24, 2.45) is 0 Å².